The van der Waals surface area contributed by atoms with E-state index >= 15 is 0 Å². The van der Waals surface area contributed by atoms with Crippen LogP contribution < -0.4 is 14.8 Å². The predicted molar refractivity (Wildman–Crippen MR) is 98.2 cm³/mol. The maximum atomic E-state index is 12.6. The molecule has 8 heteroatoms. The van der Waals surface area contributed by atoms with Gasteiger partial charge >= 0.3 is 0 Å². The predicted octanol–water partition coefficient (Wildman–Crippen LogP) is 4.15. The summed E-state index contributed by atoms with van der Waals surface area (Å²) in [6, 6.07) is 9.13. The highest BCUT2D eigenvalue weighted by Crippen LogP contribution is 2.35. The van der Waals surface area contributed by atoms with Crippen molar-refractivity contribution in [2.75, 3.05) is 13.7 Å². The van der Waals surface area contributed by atoms with Crippen LogP contribution in [0.4, 0.5) is 5.69 Å². The molecule has 0 bridgehead atoms. The first-order chi connectivity index (χ1) is 12.4. The molecule has 0 aliphatic rings. The van der Waals surface area contributed by atoms with Crippen molar-refractivity contribution in [2.24, 2.45) is 0 Å². The number of carbonyl (C=O) groups excluding carboxylic acids is 1. The van der Waals surface area contributed by atoms with E-state index in [1.807, 2.05) is 0 Å². The molecule has 0 aromatic heterocycles. The van der Waals surface area contributed by atoms with Crippen molar-refractivity contribution in [3.63, 3.8) is 0 Å². The molecule has 2 aromatic carbocycles. The molecule has 0 spiro atoms. The van der Waals surface area contributed by atoms with Crippen LogP contribution >= 0.6 is 11.6 Å². The fourth-order valence-corrected chi connectivity index (χ4v) is 2.79. The van der Waals surface area contributed by atoms with Crippen molar-refractivity contribution < 1.29 is 19.2 Å². The number of amides is 1. The molecule has 138 valence electrons. The van der Waals surface area contributed by atoms with Gasteiger partial charge in [-0.25, -0.2) is 0 Å². The highest BCUT2D eigenvalue weighted by atomic mass is 35.5. The topological polar surface area (TPSA) is 90.7 Å². The minimum atomic E-state index is -0.628. The third-order valence-electron chi connectivity index (χ3n) is 3.74. The number of nitro benzene ring substituents is 1. The molecule has 0 saturated carbocycles. The Bertz CT molecular complexity index is 825. The van der Waals surface area contributed by atoms with E-state index in [9.17, 15) is 14.9 Å². The summed E-state index contributed by atoms with van der Waals surface area (Å²) in [6.07, 6.45) is 0. The zero-order valence-electron chi connectivity index (χ0n) is 14.6. The number of carbonyl (C=O) groups is 1. The summed E-state index contributed by atoms with van der Waals surface area (Å²) in [5.74, 6) is -0.157. The zero-order chi connectivity index (χ0) is 19.3. The fourth-order valence-electron chi connectivity index (χ4n) is 2.49. The lowest BCUT2D eigenvalue weighted by molar-refractivity contribution is -0.385. The third-order valence-corrected chi connectivity index (χ3v) is 4.09. The van der Waals surface area contributed by atoms with Gasteiger partial charge in [-0.05, 0) is 25.5 Å². The van der Waals surface area contributed by atoms with E-state index in [2.05, 4.69) is 5.32 Å². The number of methoxy groups -OCH3 is 1. The van der Waals surface area contributed by atoms with E-state index in [1.54, 1.807) is 38.1 Å². The average molecular weight is 379 g/mol. The number of nitrogens with zero attached hydrogens (tertiary/aromatic N) is 1. The molecule has 0 saturated heterocycles. The lowest BCUT2D eigenvalue weighted by Crippen LogP contribution is -2.27. The Balaban J connectivity index is 2.38. The van der Waals surface area contributed by atoms with Gasteiger partial charge in [-0.3, -0.25) is 14.9 Å². The van der Waals surface area contributed by atoms with E-state index in [-0.39, 0.29) is 22.7 Å². The van der Waals surface area contributed by atoms with Gasteiger partial charge in [0.25, 0.3) is 11.6 Å². The van der Waals surface area contributed by atoms with Crippen molar-refractivity contribution in [2.45, 2.75) is 19.9 Å². The van der Waals surface area contributed by atoms with Gasteiger partial charge in [-0.1, -0.05) is 29.8 Å². The zero-order valence-corrected chi connectivity index (χ0v) is 15.4. The summed E-state index contributed by atoms with van der Waals surface area (Å²) in [5, 5.41) is 14.6. The van der Waals surface area contributed by atoms with Crippen molar-refractivity contribution in [3.8, 4) is 11.5 Å². The van der Waals surface area contributed by atoms with Crippen LogP contribution in [-0.2, 0) is 0 Å². The molecule has 0 aliphatic heterocycles. The molecule has 0 aliphatic carbocycles. The van der Waals surface area contributed by atoms with Crippen molar-refractivity contribution in [3.05, 3.63) is 62.7 Å². The van der Waals surface area contributed by atoms with Crippen molar-refractivity contribution in [1.82, 2.24) is 5.32 Å². The Morgan fingerprint density at radius 3 is 2.58 bits per heavy atom. The van der Waals surface area contributed by atoms with Crippen LogP contribution in [0.25, 0.3) is 0 Å². The summed E-state index contributed by atoms with van der Waals surface area (Å²) in [7, 11) is 1.40. The molecule has 2 aromatic rings. The summed E-state index contributed by atoms with van der Waals surface area (Å²) in [4.78, 5) is 23.4. The van der Waals surface area contributed by atoms with Gasteiger partial charge in [0.2, 0.25) is 0 Å². The normalized spacial score (nSPS) is 11.5. The molecular formula is C18H19ClN2O5. The van der Waals surface area contributed by atoms with Crippen LogP contribution in [0.15, 0.2) is 36.4 Å². The molecule has 0 heterocycles. The van der Waals surface area contributed by atoms with E-state index in [1.165, 1.54) is 19.2 Å². The van der Waals surface area contributed by atoms with Gasteiger partial charge in [0.05, 0.1) is 30.7 Å². The maximum Gasteiger partial charge on any atom is 0.286 e. The van der Waals surface area contributed by atoms with E-state index < -0.39 is 16.9 Å². The molecule has 2 rings (SSSR count). The van der Waals surface area contributed by atoms with Gasteiger partial charge in [-0.2, -0.15) is 0 Å². The standard InChI is InChI=1S/C18H19ClN2O5/c1-4-26-17-10-15(21(23)24)13(9-16(17)25-3)18(22)20-11(2)12-7-5-6-8-14(12)19/h5-11H,4H2,1-3H3,(H,20,22). The molecule has 26 heavy (non-hydrogen) atoms. The van der Waals surface area contributed by atoms with Crippen LogP contribution in [0, 0.1) is 10.1 Å². The molecular weight excluding hydrogens is 360 g/mol. The van der Waals surface area contributed by atoms with Gasteiger partial charge in [0, 0.05) is 11.1 Å². The second-order valence-electron chi connectivity index (χ2n) is 5.43. The molecule has 1 unspecified atom stereocenters. The van der Waals surface area contributed by atoms with Crippen LogP contribution in [0.2, 0.25) is 5.02 Å². The van der Waals surface area contributed by atoms with Crippen molar-refractivity contribution in [1.29, 1.82) is 0 Å². The van der Waals surface area contributed by atoms with Gasteiger partial charge in [0.1, 0.15) is 5.56 Å². The van der Waals surface area contributed by atoms with Crippen LogP contribution in [-0.4, -0.2) is 24.5 Å². The maximum absolute atomic E-state index is 12.6. The summed E-state index contributed by atoms with van der Waals surface area (Å²) in [6.45, 7) is 3.80. The largest absolute Gasteiger partial charge is 0.493 e. The minimum absolute atomic E-state index is 0.116. The van der Waals surface area contributed by atoms with Crippen LogP contribution in [0.3, 0.4) is 0 Å². The molecule has 1 atom stereocenters. The first-order valence-corrected chi connectivity index (χ1v) is 8.31. The summed E-state index contributed by atoms with van der Waals surface area (Å²) < 4.78 is 10.5. The van der Waals surface area contributed by atoms with E-state index in [0.717, 1.165) is 0 Å². The van der Waals surface area contributed by atoms with Crippen LogP contribution in [0.5, 0.6) is 11.5 Å². The first kappa shape index (κ1) is 19.5. The van der Waals surface area contributed by atoms with Gasteiger partial charge < -0.3 is 14.8 Å². The number of rotatable bonds is 7. The smallest absolute Gasteiger partial charge is 0.286 e. The van der Waals surface area contributed by atoms with Gasteiger partial charge in [-0.15, -0.1) is 0 Å². The second-order valence-corrected chi connectivity index (χ2v) is 5.83. The number of halogens is 1. The summed E-state index contributed by atoms with van der Waals surface area (Å²) in [5.41, 5.74) is 0.232. The second kappa shape index (κ2) is 8.53. The Morgan fingerprint density at radius 1 is 1.31 bits per heavy atom. The molecule has 1 amide bonds. The lowest BCUT2D eigenvalue weighted by atomic mass is 10.1. The number of benzene rings is 2. The Morgan fingerprint density at radius 2 is 2.00 bits per heavy atom. The van der Waals surface area contributed by atoms with Crippen molar-refractivity contribution >= 4 is 23.2 Å². The average Bonchev–Trinajstić information content (AvgIpc) is 2.61. The van der Waals surface area contributed by atoms with E-state index in [4.69, 9.17) is 21.1 Å². The molecule has 1 N–H and O–H groups in total. The number of nitro groups is 1. The molecule has 0 fully saturated rings. The SMILES string of the molecule is CCOc1cc([N+](=O)[O-])c(C(=O)NC(C)c2ccccc2Cl)cc1OC. The minimum Gasteiger partial charge on any atom is -0.493 e. The highest BCUT2D eigenvalue weighted by Gasteiger charge is 2.26. The Kier molecular flexibility index (Phi) is 6.41. The third kappa shape index (κ3) is 4.23. The van der Waals surface area contributed by atoms with E-state index in [0.29, 0.717) is 17.2 Å². The Labute approximate surface area is 156 Å². The van der Waals surface area contributed by atoms with Crippen LogP contribution in [0.1, 0.15) is 35.8 Å². The first-order valence-electron chi connectivity index (χ1n) is 7.93. The highest BCUT2D eigenvalue weighted by molar-refractivity contribution is 6.31. The lowest BCUT2D eigenvalue weighted by Gasteiger charge is -2.17. The molecule has 7 nitrogen and oxygen atoms in total. The number of hydrogen-bond donors (Lipinski definition) is 1. The summed E-state index contributed by atoms with van der Waals surface area (Å²) >= 11 is 6.14. The Hall–Kier alpha value is -2.80. The van der Waals surface area contributed by atoms with Gasteiger partial charge in [0.15, 0.2) is 11.5 Å². The number of hydrogen-bond acceptors (Lipinski definition) is 5. The quantitative estimate of drug-likeness (QED) is 0.577. The fraction of sp³-hybridized carbons (Fsp3) is 0.278. The molecule has 0 radical (unpaired) electrons. The number of ether oxygens (including phenoxy) is 2. The number of nitrogens with one attached hydrogen (secondary N) is 1. The monoisotopic (exact) mass is 378 g/mol.